The molecule has 0 aromatic heterocycles. The van der Waals surface area contributed by atoms with E-state index >= 15 is 0 Å². The zero-order valence-electron chi connectivity index (χ0n) is 12.8. The molecule has 0 aliphatic carbocycles. The standard InChI is InChI=1S/C14H30O3Si/c1-7-12(13-9-8-11(15)10-16-13)17-18(5,6)14(2,3)4/h11-13,15H,7-10H2,1-6H3/t11-,12+,13-/m1/s1. The molecule has 0 aromatic carbocycles. The lowest BCUT2D eigenvalue weighted by Crippen LogP contribution is -2.48. The second-order valence-electron chi connectivity index (χ2n) is 6.93. The van der Waals surface area contributed by atoms with Gasteiger partial charge in [0.15, 0.2) is 8.32 Å². The lowest BCUT2D eigenvalue weighted by molar-refractivity contribution is -0.0993. The first-order valence-corrected chi connectivity index (χ1v) is 10.1. The van der Waals surface area contributed by atoms with Gasteiger partial charge in [0.2, 0.25) is 0 Å². The SMILES string of the molecule is CC[C@H](O[Si](C)(C)C(C)(C)C)[C@H]1CC[C@@H](O)CO1. The molecule has 0 bridgehead atoms. The summed E-state index contributed by atoms with van der Waals surface area (Å²) >= 11 is 0. The molecule has 1 N–H and O–H groups in total. The highest BCUT2D eigenvalue weighted by molar-refractivity contribution is 6.74. The molecule has 108 valence electrons. The second-order valence-corrected chi connectivity index (χ2v) is 11.7. The molecule has 1 rings (SSSR count). The summed E-state index contributed by atoms with van der Waals surface area (Å²) in [6.45, 7) is 14.0. The minimum Gasteiger partial charge on any atom is -0.411 e. The average molecular weight is 274 g/mol. The molecular formula is C14H30O3Si. The predicted molar refractivity (Wildman–Crippen MR) is 77.3 cm³/mol. The Morgan fingerprint density at radius 3 is 2.33 bits per heavy atom. The lowest BCUT2D eigenvalue weighted by Gasteiger charge is -2.42. The van der Waals surface area contributed by atoms with Crippen LogP contribution in [0.5, 0.6) is 0 Å². The van der Waals surface area contributed by atoms with Gasteiger partial charge >= 0.3 is 0 Å². The number of rotatable bonds is 4. The Bertz CT molecular complexity index is 252. The highest BCUT2D eigenvalue weighted by atomic mass is 28.4. The van der Waals surface area contributed by atoms with Gasteiger partial charge < -0.3 is 14.3 Å². The fourth-order valence-electron chi connectivity index (χ4n) is 2.03. The Balaban J connectivity index is 2.62. The summed E-state index contributed by atoms with van der Waals surface area (Å²) in [5.41, 5.74) is 0. The topological polar surface area (TPSA) is 38.7 Å². The maximum atomic E-state index is 9.49. The second kappa shape index (κ2) is 6.03. The van der Waals surface area contributed by atoms with Crippen molar-refractivity contribution in [3.63, 3.8) is 0 Å². The fraction of sp³-hybridized carbons (Fsp3) is 1.00. The number of ether oxygens (including phenoxy) is 1. The normalized spacial score (nSPS) is 28.2. The maximum absolute atomic E-state index is 9.49. The van der Waals surface area contributed by atoms with E-state index in [1.165, 1.54) is 0 Å². The van der Waals surface area contributed by atoms with Crippen molar-refractivity contribution in [3.05, 3.63) is 0 Å². The van der Waals surface area contributed by atoms with E-state index in [4.69, 9.17) is 9.16 Å². The van der Waals surface area contributed by atoms with Crippen molar-refractivity contribution in [2.45, 2.75) is 83.4 Å². The molecule has 18 heavy (non-hydrogen) atoms. The number of aliphatic hydroxyl groups is 1. The van der Waals surface area contributed by atoms with Crippen LogP contribution in [0.2, 0.25) is 18.1 Å². The van der Waals surface area contributed by atoms with Gasteiger partial charge in [0.25, 0.3) is 0 Å². The molecule has 3 nitrogen and oxygen atoms in total. The zero-order chi connectivity index (χ0) is 14.0. The van der Waals surface area contributed by atoms with Crippen LogP contribution in [0, 0.1) is 0 Å². The molecule has 0 aromatic rings. The maximum Gasteiger partial charge on any atom is 0.192 e. The summed E-state index contributed by atoms with van der Waals surface area (Å²) in [4.78, 5) is 0. The molecule has 0 radical (unpaired) electrons. The minimum atomic E-state index is -1.73. The van der Waals surface area contributed by atoms with Crippen molar-refractivity contribution in [1.29, 1.82) is 0 Å². The molecule has 0 unspecified atom stereocenters. The van der Waals surface area contributed by atoms with Crippen LogP contribution in [-0.4, -0.2) is 38.3 Å². The minimum absolute atomic E-state index is 0.160. The zero-order valence-corrected chi connectivity index (χ0v) is 13.8. The van der Waals surface area contributed by atoms with E-state index in [9.17, 15) is 5.11 Å². The molecule has 4 heteroatoms. The third kappa shape index (κ3) is 4.05. The van der Waals surface area contributed by atoms with Crippen LogP contribution in [0.25, 0.3) is 0 Å². The average Bonchev–Trinajstić information content (AvgIpc) is 2.25. The van der Waals surface area contributed by atoms with Crippen LogP contribution in [-0.2, 0) is 9.16 Å². The quantitative estimate of drug-likeness (QED) is 0.799. The van der Waals surface area contributed by atoms with Crippen molar-refractivity contribution in [2.75, 3.05) is 6.61 Å². The van der Waals surface area contributed by atoms with Crippen LogP contribution in [0.15, 0.2) is 0 Å². The van der Waals surface area contributed by atoms with E-state index in [-0.39, 0.29) is 23.4 Å². The molecule has 1 saturated heterocycles. The molecule has 1 aliphatic rings. The van der Waals surface area contributed by atoms with Gasteiger partial charge in [-0.15, -0.1) is 0 Å². The van der Waals surface area contributed by atoms with Gasteiger partial charge in [0, 0.05) is 0 Å². The molecular weight excluding hydrogens is 244 g/mol. The molecule has 3 atom stereocenters. The Morgan fingerprint density at radius 2 is 1.94 bits per heavy atom. The Kier molecular flexibility index (Phi) is 5.41. The van der Waals surface area contributed by atoms with Crippen LogP contribution >= 0.6 is 0 Å². The van der Waals surface area contributed by atoms with Crippen LogP contribution in [0.4, 0.5) is 0 Å². The summed E-state index contributed by atoms with van der Waals surface area (Å²) in [7, 11) is -1.73. The van der Waals surface area contributed by atoms with Gasteiger partial charge in [-0.1, -0.05) is 27.7 Å². The van der Waals surface area contributed by atoms with E-state index in [2.05, 4.69) is 40.8 Å². The number of hydrogen-bond acceptors (Lipinski definition) is 3. The van der Waals surface area contributed by atoms with Gasteiger partial charge in [0.1, 0.15) is 0 Å². The summed E-state index contributed by atoms with van der Waals surface area (Å²) < 4.78 is 12.2. The van der Waals surface area contributed by atoms with E-state index in [1.54, 1.807) is 0 Å². The highest BCUT2D eigenvalue weighted by Crippen LogP contribution is 2.38. The Hall–Kier alpha value is 0.0969. The first-order valence-electron chi connectivity index (χ1n) is 7.15. The highest BCUT2D eigenvalue weighted by Gasteiger charge is 2.41. The molecule has 1 heterocycles. The van der Waals surface area contributed by atoms with E-state index < -0.39 is 8.32 Å². The van der Waals surface area contributed by atoms with Crippen molar-refractivity contribution < 1.29 is 14.3 Å². The first-order chi connectivity index (χ1) is 8.17. The fourth-order valence-corrected chi connectivity index (χ4v) is 3.46. The Morgan fingerprint density at radius 1 is 1.33 bits per heavy atom. The van der Waals surface area contributed by atoms with Gasteiger partial charge in [0.05, 0.1) is 24.9 Å². The summed E-state index contributed by atoms with van der Waals surface area (Å²) in [5.74, 6) is 0. The van der Waals surface area contributed by atoms with Crippen molar-refractivity contribution >= 4 is 8.32 Å². The number of aliphatic hydroxyl groups excluding tert-OH is 1. The van der Waals surface area contributed by atoms with Crippen molar-refractivity contribution in [3.8, 4) is 0 Å². The molecule has 0 spiro atoms. The molecule has 0 amide bonds. The van der Waals surface area contributed by atoms with Gasteiger partial charge in [-0.25, -0.2) is 0 Å². The smallest absolute Gasteiger partial charge is 0.192 e. The first kappa shape index (κ1) is 16.2. The van der Waals surface area contributed by atoms with E-state index in [1.807, 2.05) is 0 Å². The number of hydrogen-bond donors (Lipinski definition) is 1. The van der Waals surface area contributed by atoms with E-state index in [0.717, 1.165) is 19.3 Å². The summed E-state index contributed by atoms with van der Waals surface area (Å²) in [5, 5.41) is 9.72. The van der Waals surface area contributed by atoms with Gasteiger partial charge in [-0.3, -0.25) is 0 Å². The molecule has 1 aliphatic heterocycles. The van der Waals surface area contributed by atoms with Crippen molar-refractivity contribution in [1.82, 2.24) is 0 Å². The lowest BCUT2D eigenvalue weighted by atomic mass is 10.0. The van der Waals surface area contributed by atoms with E-state index in [0.29, 0.717) is 6.61 Å². The van der Waals surface area contributed by atoms with Crippen molar-refractivity contribution in [2.24, 2.45) is 0 Å². The molecule has 0 saturated carbocycles. The monoisotopic (exact) mass is 274 g/mol. The third-order valence-electron chi connectivity index (χ3n) is 4.36. The third-order valence-corrected chi connectivity index (χ3v) is 8.86. The summed E-state index contributed by atoms with van der Waals surface area (Å²) in [6.07, 6.45) is 2.78. The largest absolute Gasteiger partial charge is 0.411 e. The van der Waals surface area contributed by atoms with Gasteiger partial charge in [-0.05, 0) is 37.4 Å². The summed E-state index contributed by atoms with van der Waals surface area (Å²) in [6, 6.07) is 0. The van der Waals surface area contributed by atoms with Crippen LogP contribution < -0.4 is 0 Å². The van der Waals surface area contributed by atoms with Crippen LogP contribution in [0.3, 0.4) is 0 Å². The Labute approximate surface area is 113 Å². The van der Waals surface area contributed by atoms with Gasteiger partial charge in [-0.2, -0.15) is 0 Å². The van der Waals surface area contributed by atoms with Crippen LogP contribution in [0.1, 0.15) is 47.0 Å². The molecule has 1 fully saturated rings. The predicted octanol–water partition coefficient (Wildman–Crippen LogP) is 3.33.